The van der Waals surface area contributed by atoms with Gasteiger partial charge in [-0.2, -0.15) is 5.10 Å². The van der Waals surface area contributed by atoms with Crippen molar-refractivity contribution < 1.29 is 14.3 Å². The number of rotatable bonds is 8. The van der Waals surface area contributed by atoms with Gasteiger partial charge < -0.3 is 9.47 Å². The number of methoxy groups -OCH3 is 1. The minimum absolute atomic E-state index is 0.211. The van der Waals surface area contributed by atoms with Crippen LogP contribution in [0.4, 0.5) is 0 Å². The number of halogens is 2. The minimum atomic E-state index is -0.211. The molecule has 0 aromatic heterocycles. The van der Waals surface area contributed by atoms with E-state index in [4.69, 9.17) is 9.47 Å². The quantitative estimate of drug-likeness (QED) is 0.309. The minimum Gasteiger partial charge on any atom is -0.497 e. The highest BCUT2D eigenvalue weighted by atomic mass is 79.9. The molecule has 0 spiro atoms. The molecule has 0 radical (unpaired) electrons. The molecule has 3 aromatic carbocycles. The van der Waals surface area contributed by atoms with Gasteiger partial charge in [0.05, 0.1) is 24.2 Å². The van der Waals surface area contributed by atoms with Gasteiger partial charge in [0.2, 0.25) is 5.91 Å². The maximum absolute atomic E-state index is 12.2. The number of ether oxygens (including phenoxy) is 2. The van der Waals surface area contributed by atoms with Gasteiger partial charge in [-0.25, -0.2) is 5.43 Å². The number of carbonyl (C=O) groups is 1. The van der Waals surface area contributed by atoms with Crippen LogP contribution in [0.5, 0.6) is 11.5 Å². The number of carbonyl (C=O) groups excluding carboxylic acids is 1. The molecule has 1 amide bonds. The summed E-state index contributed by atoms with van der Waals surface area (Å²) in [5.41, 5.74) is 5.23. The summed E-state index contributed by atoms with van der Waals surface area (Å²) in [6, 6.07) is 21.0. The second kappa shape index (κ2) is 10.9. The molecular weight excluding hydrogens is 512 g/mol. The summed E-state index contributed by atoms with van der Waals surface area (Å²) >= 11 is 7.01. The van der Waals surface area contributed by atoms with Gasteiger partial charge in [-0.15, -0.1) is 0 Å². The van der Waals surface area contributed by atoms with Crippen molar-refractivity contribution in [1.82, 2.24) is 5.43 Å². The number of nitrogens with zero attached hydrogens (tertiary/aromatic N) is 1. The van der Waals surface area contributed by atoms with Gasteiger partial charge in [-0.1, -0.05) is 58.4 Å². The van der Waals surface area contributed by atoms with Crippen LogP contribution in [0.2, 0.25) is 0 Å². The Kier molecular flexibility index (Phi) is 8.04. The molecule has 3 rings (SSSR count). The zero-order valence-corrected chi connectivity index (χ0v) is 19.4. The van der Waals surface area contributed by atoms with Crippen LogP contribution in [0.3, 0.4) is 0 Å². The number of amides is 1. The van der Waals surface area contributed by atoms with E-state index in [9.17, 15) is 4.79 Å². The Morgan fingerprint density at radius 3 is 2.47 bits per heavy atom. The third-order valence-corrected chi connectivity index (χ3v) is 5.23. The van der Waals surface area contributed by atoms with Gasteiger partial charge in [-0.3, -0.25) is 4.79 Å². The summed E-state index contributed by atoms with van der Waals surface area (Å²) in [6.07, 6.45) is 1.79. The van der Waals surface area contributed by atoms with Crippen molar-refractivity contribution >= 4 is 44.0 Å². The summed E-state index contributed by atoms with van der Waals surface area (Å²) < 4.78 is 12.8. The fraction of sp³-hybridized carbons (Fsp3) is 0.130. The van der Waals surface area contributed by atoms with Gasteiger partial charge in [-0.05, 0) is 51.3 Å². The van der Waals surface area contributed by atoms with Crippen molar-refractivity contribution in [3.63, 3.8) is 0 Å². The highest BCUT2D eigenvalue weighted by Gasteiger charge is 2.10. The molecule has 0 aliphatic heterocycles. The molecule has 1 N–H and O–H groups in total. The SMILES string of the molecule is COc1ccc(CC(=O)N/N=C\c2cc(Br)cc(Br)c2OCc2ccccc2)cc1. The maximum atomic E-state index is 12.2. The molecule has 0 unspecified atom stereocenters. The molecule has 0 fully saturated rings. The summed E-state index contributed by atoms with van der Waals surface area (Å²) in [6.45, 7) is 0.422. The van der Waals surface area contributed by atoms with E-state index in [0.717, 1.165) is 31.4 Å². The second-order valence-electron chi connectivity index (χ2n) is 6.40. The molecule has 7 heteroatoms. The molecule has 0 saturated carbocycles. The first-order chi connectivity index (χ1) is 14.5. The van der Waals surface area contributed by atoms with Crippen molar-refractivity contribution in [3.8, 4) is 11.5 Å². The molecule has 5 nitrogen and oxygen atoms in total. The topological polar surface area (TPSA) is 59.9 Å². The molecular formula is C23H20Br2N2O3. The van der Waals surface area contributed by atoms with Gasteiger partial charge in [0.25, 0.3) is 0 Å². The van der Waals surface area contributed by atoms with E-state index in [-0.39, 0.29) is 12.3 Å². The lowest BCUT2D eigenvalue weighted by Gasteiger charge is -2.12. The Hall–Kier alpha value is -2.64. The molecule has 154 valence electrons. The molecule has 0 saturated heterocycles. The average molecular weight is 532 g/mol. The normalized spacial score (nSPS) is 10.8. The summed E-state index contributed by atoms with van der Waals surface area (Å²) in [7, 11) is 1.61. The molecule has 3 aromatic rings. The van der Waals surface area contributed by atoms with Crippen molar-refractivity contribution in [1.29, 1.82) is 0 Å². The number of nitrogens with one attached hydrogen (secondary N) is 1. The van der Waals surface area contributed by atoms with Gasteiger partial charge in [0.1, 0.15) is 18.1 Å². The third kappa shape index (κ3) is 6.43. The Morgan fingerprint density at radius 1 is 1.03 bits per heavy atom. The second-order valence-corrected chi connectivity index (χ2v) is 8.17. The van der Waals surface area contributed by atoms with Crippen LogP contribution >= 0.6 is 31.9 Å². The van der Waals surface area contributed by atoms with Crippen molar-refractivity contribution in [2.75, 3.05) is 7.11 Å². The lowest BCUT2D eigenvalue weighted by molar-refractivity contribution is -0.120. The largest absolute Gasteiger partial charge is 0.497 e. The molecule has 0 atom stereocenters. The zero-order valence-electron chi connectivity index (χ0n) is 16.3. The van der Waals surface area contributed by atoms with Gasteiger partial charge in [0, 0.05) is 10.0 Å². The van der Waals surface area contributed by atoms with E-state index in [1.165, 1.54) is 0 Å². The van der Waals surface area contributed by atoms with Crippen LogP contribution in [0.1, 0.15) is 16.7 Å². The van der Waals surface area contributed by atoms with E-state index >= 15 is 0 Å². The van der Waals surface area contributed by atoms with E-state index in [1.54, 1.807) is 13.3 Å². The highest BCUT2D eigenvalue weighted by molar-refractivity contribution is 9.11. The van der Waals surface area contributed by atoms with E-state index in [0.29, 0.717) is 12.4 Å². The lowest BCUT2D eigenvalue weighted by Crippen LogP contribution is -2.19. The van der Waals surface area contributed by atoms with Crippen LogP contribution in [0.15, 0.2) is 80.8 Å². The number of hydrazone groups is 1. The van der Waals surface area contributed by atoms with Gasteiger partial charge in [0.15, 0.2) is 0 Å². The molecule has 0 aliphatic carbocycles. The predicted molar refractivity (Wildman–Crippen MR) is 125 cm³/mol. The molecule has 0 aliphatic rings. The summed E-state index contributed by atoms with van der Waals surface area (Å²) in [5.74, 6) is 1.19. The monoisotopic (exact) mass is 530 g/mol. The smallest absolute Gasteiger partial charge is 0.244 e. The van der Waals surface area contributed by atoms with Crippen molar-refractivity contribution in [2.45, 2.75) is 13.0 Å². The molecule has 30 heavy (non-hydrogen) atoms. The van der Waals surface area contributed by atoms with Crippen LogP contribution in [-0.4, -0.2) is 19.2 Å². The standard InChI is InChI=1S/C23H20Br2N2O3/c1-29-20-9-7-16(8-10-20)11-22(28)27-26-14-18-12-19(24)13-21(25)23(18)30-15-17-5-3-2-4-6-17/h2-10,12-14H,11,15H2,1H3,(H,27,28)/b26-14-. The van der Waals surface area contributed by atoms with Crippen LogP contribution in [0, 0.1) is 0 Å². The highest BCUT2D eigenvalue weighted by Crippen LogP contribution is 2.32. The van der Waals surface area contributed by atoms with Crippen LogP contribution in [0.25, 0.3) is 0 Å². The Labute approximate surface area is 192 Å². The Balaban J connectivity index is 1.65. The summed E-state index contributed by atoms with van der Waals surface area (Å²) in [4.78, 5) is 12.2. The fourth-order valence-electron chi connectivity index (χ4n) is 2.70. The van der Waals surface area contributed by atoms with E-state index in [2.05, 4.69) is 42.4 Å². The molecule has 0 heterocycles. The Morgan fingerprint density at radius 2 is 1.77 bits per heavy atom. The van der Waals surface area contributed by atoms with E-state index < -0.39 is 0 Å². The fourth-order valence-corrected chi connectivity index (χ4v) is 4.07. The molecule has 0 bridgehead atoms. The zero-order chi connectivity index (χ0) is 21.3. The number of hydrogen-bond acceptors (Lipinski definition) is 4. The number of benzene rings is 3. The van der Waals surface area contributed by atoms with Crippen LogP contribution in [-0.2, 0) is 17.8 Å². The first kappa shape index (κ1) is 22.1. The van der Waals surface area contributed by atoms with Crippen molar-refractivity contribution in [3.05, 3.63) is 92.4 Å². The van der Waals surface area contributed by atoms with Crippen molar-refractivity contribution in [2.24, 2.45) is 5.10 Å². The maximum Gasteiger partial charge on any atom is 0.244 e. The summed E-state index contributed by atoms with van der Waals surface area (Å²) in [5, 5.41) is 4.10. The first-order valence-electron chi connectivity index (χ1n) is 9.16. The number of hydrogen-bond donors (Lipinski definition) is 1. The van der Waals surface area contributed by atoms with Gasteiger partial charge >= 0.3 is 0 Å². The lowest BCUT2D eigenvalue weighted by atomic mass is 10.1. The van der Waals surface area contributed by atoms with Crippen LogP contribution < -0.4 is 14.9 Å². The average Bonchev–Trinajstić information content (AvgIpc) is 2.74. The first-order valence-corrected chi connectivity index (χ1v) is 10.7. The predicted octanol–water partition coefficient (Wildman–Crippen LogP) is 5.49. The Bertz CT molecular complexity index is 1020. The van der Waals surface area contributed by atoms with E-state index in [1.807, 2.05) is 66.7 Å². The third-order valence-electron chi connectivity index (χ3n) is 4.18.